The summed E-state index contributed by atoms with van der Waals surface area (Å²) < 4.78 is 37.7. The van der Waals surface area contributed by atoms with Gasteiger partial charge in [0.1, 0.15) is 6.42 Å². The summed E-state index contributed by atoms with van der Waals surface area (Å²) in [5, 5.41) is 10.6. The molecule has 0 saturated carbocycles. The number of rotatable bonds is 4. The van der Waals surface area contributed by atoms with E-state index in [1.165, 1.54) is 0 Å². The molecular weight excluding hydrogens is 279 g/mol. The lowest BCUT2D eigenvalue weighted by Crippen LogP contribution is -2.15. The van der Waals surface area contributed by atoms with Crippen molar-refractivity contribution >= 4 is 23.3 Å². The SMILES string of the molecule is CC(=O)Nc1cc(C(F)(F)F)ccc1C(=O)CC(=O)O. The quantitative estimate of drug-likeness (QED) is 0.658. The molecule has 2 N–H and O–H groups in total. The highest BCUT2D eigenvalue weighted by molar-refractivity contribution is 6.10. The van der Waals surface area contributed by atoms with Crippen LogP contribution in [0.15, 0.2) is 18.2 Å². The molecule has 0 aliphatic carbocycles. The summed E-state index contributed by atoms with van der Waals surface area (Å²) in [6, 6.07) is 2.09. The molecule has 20 heavy (non-hydrogen) atoms. The second kappa shape index (κ2) is 5.72. The van der Waals surface area contributed by atoms with Gasteiger partial charge in [-0.1, -0.05) is 0 Å². The lowest BCUT2D eigenvalue weighted by atomic mass is 10.0. The number of carboxylic acids is 1. The number of ketones is 1. The van der Waals surface area contributed by atoms with E-state index in [9.17, 15) is 27.6 Å². The second-order valence-electron chi connectivity index (χ2n) is 3.93. The summed E-state index contributed by atoms with van der Waals surface area (Å²) in [5.41, 5.74) is -1.69. The van der Waals surface area contributed by atoms with Crippen LogP contribution in [0, 0.1) is 0 Å². The third-order valence-electron chi connectivity index (χ3n) is 2.27. The minimum absolute atomic E-state index is 0.282. The van der Waals surface area contributed by atoms with Crippen LogP contribution in [0.3, 0.4) is 0 Å². The normalized spacial score (nSPS) is 11.0. The number of benzene rings is 1. The summed E-state index contributed by atoms with van der Waals surface area (Å²) in [6.45, 7) is 1.06. The summed E-state index contributed by atoms with van der Waals surface area (Å²) >= 11 is 0. The standard InChI is InChI=1S/C12H10F3NO4/c1-6(17)16-9-4-7(12(13,14)15)2-3-8(9)10(18)5-11(19)20/h2-4H,5H2,1H3,(H,16,17)(H,19,20). The van der Waals surface area contributed by atoms with Gasteiger partial charge in [0.05, 0.1) is 11.3 Å². The molecule has 5 nitrogen and oxygen atoms in total. The first kappa shape index (κ1) is 15.7. The molecule has 0 aromatic heterocycles. The first-order valence-corrected chi connectivity index (χ1v) is 5.35. The summed E-state index contributed by atoms with van der Waals surface area (Å²) in [4.78, 5) is 33.0. The van der Waals surface area contributed by atoms with Crippen molar-refractivity contribution in [2.75, 3.05) is 5.32 Å². The topological polar surface area (TPSA) is 83.5 Å². The van der Waals surface area contributed by atoms with Crippen molar-refractivity contribution in [1.82, 2.24) is 0 Å². The van der Waals surface area contributed by atoms with E-state index in [1.807, 2.05) is 0 Å². The monoisotopic (exact) mass is 289 g/mol. The molecule has 0 radical (unpaired) electrons. The van der Waals surface area contributed by atoms with Gasteiger partial charge in [0.15, 0.2) is 5.78 Å². The minimum Gasteiger partial charge on any atom is -0.481 e. The molecule has 0 saturated heterocycles. The van der Waals surface area contributed by atoms with Crippen molar-refractivity contribution in [3.05, 3.63) is 29.3 Å². The van der Waals surface area contributed by atoms with E-state index < -0.39 is 35.8 Å². The first-order chi connectivity index (χ1) is 9.11. The molecule has 1 rings (SSSR count). The maximum absolute atomic E-state index is 12.6. The van der Waals surface area contributed by atoms with Crippen LogP contribution in [0.25, 0.3) is 0 Å². The first-order valence-electron chi connectivity index (χ1n) is 5.35. The van der Waals surface area contributed by atoms with Gasteiger partial charge in [0.2, 0.25) is 5.91 Å². The fourth-order valence-corrected chi connectivity index (χ4v) is 1.49. The van der Waals surface area contributed by atoms with E-state index in [4.69, 9.17) is 5.11 Å². The highest BCUT2D eigenvalue weighted by Crippen LogP contribution is 2.32. The Morgan fingerprint density at radius 2 is 1.85 bits per heavy atom. The number of amides is 1. The number of nitrogens with one attached hydrogen (secondary N) is 1. The third-order valence-corrected chi connectivity index (χ3v) is 2.27. The van der Waals surface area contributed by atoms with Gasteiger partial charge in [-0.15, -0.1) is 0 Å². The molecule has 1 aromatic rings. The molecule has 0 aliphatic rings. The fourth-order valence-electron chi connectivity index (χ4n) is 1.49. The predicted octanol–water partition coefficient (Wildman–Crippen LogP) is 2.32. The van der Waals surface area contributed by atoms with Crippen LogP contribution < -0.4 is 5.32 Å². The second-order valence-corrected chi connectivity index (χ2v) is 3.93. The molecule has 0 bridgehead atoms. The van der Waals surface area contributed by atoms with Gasteiger partial charge >= 0.3 is 12.1 Å². The van der Waals surface area contributed by atoms with Crippen LogP contribution in [0.2, 0.25) is 0 Å². The predicted molar refractivity (Wildman–Crippen MR) is 62.3 cm³/mol. The molecule has 0 spiro atoms. The molecule has 0 atom stereocenters. The van der Waals surface area contributed by atoms with E-state index in [2.05, 4.69) is 5.32 Å². The van der Waals surface area contributed by atoms with Crippen LogP contribution in [0.1, 0.15) is 29.3 Å². The molecule has 0 fully saturated rings. The lowest BCUT2D eigenvalue weighted by Gasteiger charge is -2.12. The van der Waals surface area contributed by atoms with Crippen LogP contribution in [-0.2, 0) is 15.8 Å². The summed E-state index contributed by atoms with van der Waals surface area (Å²) in [6.07, 6.45) is -5.51. The van der Waals surface area contributed by atoms with Gasteiger partial charge < -0.3 is 10.4 Å². The number of alkyl halides is 3. The van der Waals surface area contributed by atoms with Crippen molar-refractivity contribution in [1.29, 1.82) is 0 Å². The average Bonchev–Trinajstić information content (AvgIpc) is 2.25. The Hall–Kier alpha value is -2.38. The average molecular weight is 289 g/mol. The van der Waals surface area contributed by atoms with Crippen LogP contribution >= 0.6 is 0 Å². The number of carboxylic acid groups (broad SMARTS) is 1. The highest BCUT2D eigenvalue weighted by Gasteiger charge is 2.31. The van der Waals surface area contributed by atoms with Crippen molar-refractivity contribution < 1.29 is 32.7 Å². The Morgan fingerprint density at radius 1 is 1.25 bits per heavy atom. The largest absolute Gasteiger partial charge is 0.481 e. The van der Waals surface area contributed by atoms with Gasteiger partial charge in [-0.05, 0) is 18.2 Å². The summed E-state index contributed by atoms with van der Waals surface area (Å²) in [7, 11) is 0. The number of Topliss-reactive ketones (excluding diaryl/α,β-unsaturated/α-hetero) is 1. The van der Waals surface area contributed by atoms with Gasteiger partial charge in [-0.25, -0.2) is 0 Å². The Kier molecular flexibility index (Phi) is 4.49. The zero-order chi connectivity index (χ0) is 15.5. The van der Waals surface area contributed by atoms with E-state index in [0.717, 1.165) is 13.0 Å². The molecule has 0 unspecified atom stereocenters. The molecule has 1 aromatic carbocycles. The number of carbonyl (C=O) groups excluding carboxylic acids is 2. The highest BCUT2D eigenvalue weighted by atomic mass is 19.4. The van der Waals surface area contributed by atoms with Crippen LogP contribution in [0.5, 0.6) is 0 Å². The van der Waals surface area contributed by atoms with Crippen molar-refractivity contribution in [2.45, 2.75) is 19.5 Å². The zero-order valence-corrected chi connectivity index (χ0v) is 10.2. The zero-order valence-electron chi connectivity index (χ0n) is 10.2. The third kappa shape index (κ3) is 4.08. The number of halogens is 3. The summed E-state index contributed by atoms with van der Waals surface area (Å²) in [5.74, 6) is -2.98. The number of hydrogen-bond donors (Lipinski definition) is 2. The van der Waals surface area contributed by atoms with Crippen molar-refractivity contribution in [3.63, 3.8) is 0 Å². The van der Waals surface area contributed by atoms with Crippen molar-refractivity contribution in [3.8, 4) is 0 Å². The van der Waals surface area contributed by atoms with Gasteiger partial charge in [0, 0.05) is 12.5 Å². The molecule has 1 amide bonds. The fraction of sp³-hybridized carbons (Fsp3) is 0.250. The Bertz CT molecular complexity index is 566. The smallest absolute Gasteiger partial charge is 0.416 e. The molecule has 108 valence electrons. The van der Waals surface area contributed by atoms with E-state index in [-0.39, 0.29) is 11.3 Å². The number of anilines is 1. The number of hydrogen-bond acceptors (Lipinski definition) is 3. The maximum atomic E-state index is 12.6. The number of aliphatic carboxylic acids is 1. The Morgan fingerprint density at radius 3 is 2.30 bits per heavy atom. The Balaban J connectivity index is 3.26. The van der Waals surface area contributed by atoms with E-state index in [1.54, 1.807) is 0 Å². The van der Waals surface area contributed by atoms with Gasteiger partial charge in [0.25, 0.3) is 0 Å². The lowest BCUT2D eigenvalue weighted by molar-refractivity contribution is -0.138. The molecular formula is C12H10F3NO4. The number of carbonyl (C=O) groups is 3. The van der Waals surface area contributed by atoms with E-state index >= 15 is 0 Å². The van der Waals surface area contributed by atoms with Gasteiger partial charge in [-0.2, -0.15) is 13.2 Å². The van der Waals surface area contributed by atoms with Crippen LogP contribution in [-0.4, -0.2) is 22.8 Å². The molecule has 8 heteroatoms. The van der Waals surface area contributed by atoms with Gasteiger partial charge in [-0.3, -0.25) is 14.4 Å². The Labute approximate surface area is 111 Å². The molecule has 0 heterocycles. The molecule has 0 aliphatic heterocycles. The van der Waals surface area contributed by atoms with Crippen molar-refractivity contribution in [2.24, 2.45) is 0 Å². The van der Waals surface area contributed by atoms with E-state index in [0.29, 0.717) is 12.1 Å². The van der Waals surface area contributed by atoms with Crippen LogP contribution in [0.4, 0.5) is 18.9 Å². The maximum Gasteiger partial charge on any atom is 0.416 e. The minimum atomic E-state index is -4.64.